The summed E-state index contributed by atoms with van der Waals surface area (Å²) in [6.07, 6.45) is 4.28. The van der Waals surface area contributed by atoms with E-state index in [9.17, 15) is 4.79 Å². The maximum Gasteiger partial charge on any atom is 0.289 e. The first-order valence-electron chi connectivity index (χ1n) is 5.99. The van der Waals surface area contributed by atoms with E-state index < -0.39 is 0 Å². The van der Waals surface area contributed by atoms with Crippen molar-refractivity contribution in [1.82, 2.24) is 9.88 Å². The van der Waals surface area contributed by atoms with Crippen molar-refractivity contribution in [2.45, 2.75) is 12.3 Å². The van der Waals surface area contributed by atoms with Gasteiger partial charge >= 0.3 is 0 Å². The number of hydrogen-bond donors (Lipinski definition) is 0. The largest absolute Gasteiger partial charge is 0.455 e. The molecule has 0 bridgehead atoms. The molecule has 0 aliphatic carbocycles. The van der Waals surface area contributed by atoms with Gasteiger partial charge in [0.05, 0.1) is 5.88 Å². The number of alkyl halides is 1. The molecule has 1 amide bonds. The van der Waals surface area contributed by atoms with E-state index in [1.807, 2.05) is 12.1 Å². The fourth-order valence-electron chi connectivity index (χ4n) is 1.70. The quantitative estimate of drug-likeness (QED) is 0.790. The van der Waals surface area contributed by atoms with Gasteiger partial charge in [0.15, 0.2) is 5.76 Å². The van der Waals surface area contributed by atoms with E-state index in [1.54, 1.807) is 36.5 Å². The molecule has 0 radical (unpaired) electrons. The van der Waals surface area contributed by atoms with Crippen molar-refractivity contribution in [2.24, 2.45) is 0 Å². The van der Waals surface area contributed by atoms with Gasteiger partial charge < -0.3 is 9.32 Å². The van der Waals surface area contributed by atoms with Gasteiger partial charge in [-0.05, 0) is 36.2 Å². The van der Waals surface area contributed by atoms with Crippen molar-refractivity contribution in [3.8, 4) is 0 Å². The van der Waals surface area contributed by atoms with Crippen LogP contribution in [0.3, 0.4) is 0 Å². The average Bonchev–Trinajstić information content (AvgIpc) is 2.94. The number of nitrogens with zero attached hydrogens (tertiary/aromatic N) is 2. The Hall–Kier alpha value is -1.81. The molecule has 0 N–H and O–H groups in total. The summed E-state index contributed by atoms with van der Waals surface area (Å²) in [4.78, 5) is 17.7. The summed E-state index contributed by atoms with van der Waals surface area (Å²) in [5.41, 5.74) is 1.15. The Morgan fingerprint density at radius 2 is 2.05 bits per heavy atom. The van der Waals surface area contributed by atoms with Crippen molar-refractivity contribution in [3.05, 3.63) is 53.7 Å². The first-order valence-corrected chi connectivity index (χ1v) is 6.53. The highest BCUT2D eigenvalue weighted by atomic mass is 35.5. The smallest absolute Gasteiger partial charge is 0.289 e. The summed E-state index contributed by atoms with van der Waals surface area (Å²) in [5.74, 6) is 1.07. The van der Waals surface area contributed by atoms with Gasteiger partial charge in [0.25, 0.3) is 5.91 Å². The summed E-state index contributed by atoms with van der Waals surface area (Å²) in [6.45, 7) is 0.625. The second-order valence-corrected chi connectivity index (χ2v) is 4.50. The Bertz CT molecular complexity index is 539. The Morgan fingerprint density at radius 3 is 2.68 bits per heavy atom. The molecule has 2 aromatic rings. The number of pyridine rings is 1. The third kappa shape index (κ3) is 3.58. The molecule has 2 heterocycles. The Labute approximate surface area is 117 Å². The summed E-state index contributed by atoms with van der Waals surface area (Å²) in [7, 11) is 1.76. The van der Waals surface area contributed by atoms with Crippen LogP contribution in [0, 0.1) is 0 Å². The van der Waals surface area contributed by atoms with Gasteiger partial charge in [-0.1, -0.05) is 0 Å². The van der Waals surface area contributed by atoms with Crippen LogP contribution in [0.1, 0.15) is 21.9 Å². The number of carbonyl (C=O) groups is 1. The molecule has 19 heavy (non-hydrogen) atoms. The van der Waals surface area contributed by atoms with Crippen molar-refractivity contribution >= 4 is 17.5 Å². The Balaban J connectivity index is 1.92. The predicted octanol–water partition coefficient (Wildman–Crippen LogP) is 2.73. The third-order valence-corrected chi connectivity index (χ3v) is 3.10. The number of furan rings is 1. The minimum absolute atomic E-state index is 0.134. The molecule has 0 aliphatic rings. The van der Waals surface area contributed by atoms with Gasteiger partial charge in [0.1, 0.15) is 5.76 Å². The molecule has 0 saturated carbocycles. The summed E-state index contributed by atoms with van der Waals surface area (Å²) >= 11 is 5.64. The number of hydrogen-bond acceptors (Lipinski definition) is 3. The highest BCUT2D eigenvalue weighted by Crippen LogP contribution is 2.12. The van der Waals surface area contributed by atoms with Crippen LogP contribution in [0.25, 0.3) is 0 Å². The maximum atomic E-state index is 12.1. The lowest BCUT2D eigenvalue weighted by atomic mass is 10.2. The standard InChI is InChI=1S/C14H15ClN2O2/c1-17(9-6-11-4-7-16-8-5-11)14(18)13-3-2-12(10-15)19-13/h2-5,7-8H,6,9-10H2,1H3. The molecule has 5 heteroatoms. The SMILES string of the molecule is CN(CCc1ccncc1)C(=O)c1ccc(CCl)o1. The van der Waals surface area contributed by atoms with Crippen LogP contribution in [0.15, 0.2) is 41.1 Å². The third-order valence-electron chi connectivity index (χ3n) is 2.84. The van der Waals surface area contributed by atoms with E-state index in [-0.39, 0.29) is 11.8 Å². The van der Waals surface area contributed by atoms with Crippen LogP contribution in [-0.4, -0.2) is 29.4 Å². The number of carbonyl (C=O) groups excluding carboxylic acids is 1. The molecule has 100 valence electrons. The molecule has 2 aromatic heterocycles. The van der Waals surface area contributed by atoms with E-state index in [2.05, 4.69) is 4.98 Å². The fraction of sp³-hybridized carbons (Fsp3) is 0.286. The van der Waals surface area contributed by atoms with Crippen molar-refractivity contribution in [1.29, 1.82) is 0 Å². The molecule has 0 aromatic carbocycles. The molecule has 4 nitrogen and oxygen atoms in total. The summed E-state index contributed by atoms with van der Waals surface area (Å²) in [5, 5.41) is 0. The lowest BCUT2D eigenvalue weighted by Crippen LogP contribution is -2.28. The van der Waals surface area contributed by atoms with E-state index in [1.165, 1.54) is 0 Å². The Morgan fingerprint density at radius 1 is 1.32 bits per heavy atom. The molecular weight excluding hydrogens is 264 g/mol. The molecule has 0 atom stereocenters. The van der Waals surface area contributed by atoms with E-state index >= 15 is 0 Å². The van der Waals surface area contributed by atoms with Crippen molar-refractivity contribution in [3.63, 3.8) is 0 Å². The molecule has 0 saturated heterocycles. The van der Waals surface area contributed by atoms with Gasteiger partial charge in [-0.2, -0.15) is 0 Å². The number of amides is 1. The minimum Gasteiger partial charge on any atom is -0.455 e. The van der Waals surface area contributed by atoms with Crippen LogP contribution in [-0.2, 0) is 12.3 Å². The lowest BCUT2D eigenvalue weighted by Gasteiger charge is -2.15. The number of likely N-dealkylation sites (N-methyl/N-ethyl adjacent to an activating group) is 1. The first-order chi connectivity index (χ1) is 9.20. The van der Waals surface area contributed by atoms with Gasteiger partial charge in [0.2, 0.25) is 0 Å². The molecule has 0 spiro atoms. The van der Waals surface area contributed by atoms with Gasteiger partial charge in [-0.15, -0.1) is 11.6 Å². The van der Waals surface area contributed by atoms with Crippen LogP contribution in [0.5, 0.6) is 0 Å². The predicted molar refractivity (Wildman–Crippen MR) is 73.2 cm³/mol. The zero-order valence-electron chi connectivity index (χ0n) is 10.7. The van der Waals surface area contributed by atoms with E-state index in [4.69, 9.17) is 16.0 Å². The second kappa shape index (κ2) is 6.38. The highest BCUT2D eigenvalue weighted by molar-refractivity contribution is 6.16. The first kappa shape index (κ1) is 13.6. The van der Waals surface area contributed by atoms with E-state index in [0.29, 0.717) is 18.1 Å². The summed E-state index contributed by atoms with van der Waals surface area (Å²) in [6, 6.07) is 7.26. The monoisotopic (exact) mass is 278 g/mol. The van der Waals surface area contributed by atoms with E-state index in [0.717, 1.165) is 12.0 Å². The van der Waals surface area contributed by atoms with Crippen LogP contribution in [0.4, 0.5) is 0 Å². The molecular formula is C14H15ClN2O2. The number of halogens is 1. The van der Waals surface area contributed by atoms with Crippen molar-refractivity contribution < 1.29 is 9.21 Å². The summed E-state index contributed by atoms with van der Waals surface area (Å²) < 4.78 is 5.33. The highest BCUT2D eigenvalue weighted by Gasteiger charge is 2.15. The van der Waals surface area contributed by atoms with Crippen LogP contribution < -0.4 is 0 Å². The van der Waals surface area contributed by atoms with Crippen LogP contribution >= 0.6 is 11.6 Å². The second-order valence-electron chi connectivity index (χ2n) is 4.23. The zero-order chi connectivity index (χ0) is 13.7. The van der Waals surface area contributed by atoms with Crippen molar-refractivity contribution in [2.75, 3.05) is 13.6 Å². The minimum atomic E-state index is -0.134. The molecule has 0 aliphatic heterocycles. The molecule has 2 rings (SSSR count). The van der Waals surface area contributed by atoms with Gasteiger partial charge in [-0.3, -0.25) is 9.78 Å². The fourth-order valence-corrected chi connectivity index (χ4v) is 1.84. The number of rotatable bonds is 5. The normalized spacial score (nSPS) is 10.4. The maximum absolute atomic E-state index is 12.1. The van der Waals surface area contributed by atoms with Gasteiger partial charge in [0, 0.05) is 26.0 Å². The lowest BCUT2D eigenvalue weighted by molar-refractivity contribution is 0.0763. The average molecular weight is 279 g/mol. The Kier molecular flexibility index (Phi) is 4.58. The molecule has 0 unspecified atom stereocenters. The zero-order valence-corrected chi connectivity index (χ0v) is 11.4. The number of aromatic nitrogens is 1. The van der Waals surface area contributed by atoms with Gasteiger partial charge in [-0.25, -0.2) is 0 Å². The topological polar surface area (TPSA) is 46.3 Å². The molecule has 0 fully saturated rings. The van der Waals surface area contributed by atoms with Crippen LogP contribution in [0.2, 0.25) is 0 Å².